The zero-order chi connectivity index (χ0) is 28.6. The van der Waals surface area contributed by atoms with Crippen LogP contribution in [0.5, 0.6) is 5.75 Å². The SMILES string of the molecule is CCCn1c(NC(=O)c2cc(C)nn2CC)nc2cc(C=O)cc(OCCCNC(=O)CN3CCN(C)CC3)c21. The van der Waals surface area contributed by atoms with Crippen LogP contribution in [0.25, 0.3) is 11.0 Å². The minimum Gasteiger partial charge on any atom is -0.491 e. The zero-order valence-electron chi connectivity index (χ0n) is 23.9. The van der Waals surface area contributed by atoms with Gasteiger partial charge in [0.25, 0.3) is 5.91 Å². The molecule has 40 heavy (non-hydrogen) atoms. The fourth-order valence-corrected chi connectivity index (χ4v) is 4.85. The summed E-state index contributed by atoms with van der Waals surface area (Å²) in [4.78, 5) is 46.2. The predicted molar refractivity (Wildman–Crippen MR) is 153 cm³/mol. The van der Waals surface area contributed by atoms with Crippen LogP contribution in [0.4, 0.5) is 5.95 Å². The van der Waals surface area contributed by atoms with Crippen LogP contribution in [0, 0.1) is 6.92 Å². The van der Waals surface area contributed by atoms with Gasteiger partial charge < -0.3 is 19.5 Å². The predicted octanol–water partition coefficient (Wildman–Crippen LogP) is 2.17. The lowest BCUT2D eigenvalue weighted by Crippen LogP contribution is -2.48. The van der Waals surface area contributed by atoms with Gasteiger partial charge in [-0.1, -0.05) is 6.92 Å². The summed E-state index contributed by atoms with van der Waals surface area (Å²) in [6.45, 7) is 11.9. The third-order valence-electron chi connectivity index (χ3n) is 6.94. The molecule has 216 valence electrons. The molecule has 1 aliphatic rings. The molecule has 1 fully saturated rings. The van der Waals surface area contributed by atoms with E-state index in [9.17, 15) is 14.4 Å². The Labute approximate surface area is 234 Å². The number of ether oxygens (including phenoxy) is 1. The molecule has 2 amide bonds. The fourth-order valence-electron chi connectivity index (χ4n) is 4.85. The molecule has 0 unspecified atom stereocenters. The highest BCUT2D eigenvalue weighted by atomic mass is 16.5. The lowest BCUT2D eigenvalue weighted by Gasteiger charge is -2.31. The number of aromatic nitrogens is 4. The van der Waals surface area contributed by atoms with Gasteiger partial charge in [0, 0.05) is 51.4 Å². The fraction of sp³-hybridized carbons (Fsp3) is 0.536. The number of carbonyl (C=O) groups is 3. The summed E-state index contributed by atoms with van der Waals surface area (Å²) in [5.41, 5.74) is 2.92. The van der Waals surface area contributed by atoms with Gasteiger partial charge in [0.15, 0.2) is 0 Å². The molecule has 2 N–H and O–H groups in total. The molecule has 0 atom stereocenters. The Morgan fingerprint density at radius 1 is 1.12 bits per heavy atom. The van der Waals surface area contributed by atoms with E-state index in [0.29, 0.717) is 73.2 Å². The van der Waals surface area contributed by atoms with Crippen LogP contribution in [0.2, 0.25) is 0 Å². The first-order chi connectivity index (χ1) is 19.3. The summed E-state index contributed by atoms with van der Waals surface area (Å²) in [5.74, 6) is 0.600. The zero-order valence-corrected chi connectivity index (χ0v) is 23.9. The molecule has 0 bridgehead atoms. The number of hydrogen-bond donors (Lipinski definition) is 2. The van der Waals surface area contributed by atoms with Crippen LogP contribution in [0.1, 0.15) is 53.2 Å². The van der Waals surface area contributed by atoms with Crippen molar-refractivity contribution in [2.45, 2.75) is 46.7 Å². The van der Waals surface area contributed by atoms with Crippen LogP contribution in [-0.4, -0.2) is 100 Å². The number of imidazole rings is 1. The number of likely N-dealkylation sites (N-methyl/N-ethyl adjacent to an activating group) is 1. The largest absolute Gasteiger partial charge is 0.491 e. The number of nitrogens with one attached hydrogen (secondary N) is 2. The number of anilines is 1. The molecule has 1 saturated heterocycles. The van der Waals surface area contributed by atoms with Gasteiger partial charge in [-0.05, 0) is 51.9 Å². The summed E-state index contributed by atoms with van der Waals surface area (Å²) in [7, 11) is 2.09. The highest BCUT2D eigenvalue weighted by Gasteiger charge is 2.21. The van der Waals surface area contributed by atoms with Gasteiger partial charge in [-0.25, -0.2) is 4.98 Å². The number of fused-ring (bicyclic) bond motifs is 1. The van der Waals surface area contributed by atoms with Gasteiger partial charge in [-0.15, -0.1) is 0 Å². The first-order valence-corrected chi connectivity index (χ1v) is 14.0. The minimum atomic E-state index is -0.305. The van der Waals surface area contributed by atoms with Gasteiger partial charge in [0.05, 0.1) is 24.4 Å². The number of nitrogens with zero attached hydrogens (tertiary/aromatic N) is 6. The molecule has 1 aromatic carbocycles. The Kier molecular flexibility index (Phi) is 9.88. The number of rotatable bonds is 13. The first kappa shape index (κ1) is 29.2. The molecule has 12 heteroatoms. The molecule has 12 nitrogen and oxygen atoms in total. The van der Waals surface area contributed by atoms with Gasteiger partial charge in [0.1, 0.15) is 23.2 Å². The number of hydrogen-bond acceptors (Lipinski definition) is 8. The quantitative estimate of drug-likeness (QED) is 0.244. The van der Waals surface area contributed by atoms with E-state index in [0.717, 1.165) is 44.6 Å². The van der Waals surface area contributed by atoms with Crippen molar-refractivity contribution in [3.63, 3.8) is 0 Å². The highest BCUT2D eigenvalue weighted by molar-refractivity contribution is 6.03. The molecule has 0 saturated carbocycles. The maximum atomic E-state index is 13.1. The van der Waals surface area contributed by atoms with E-state index in [4.69, 9.17) is 4.74 Å². The number of aryl methyl sites for hydroxylation is 3. The second-order valence-corrected chi connectivity index (χ2v) is 10.2. The molecule has 1 aliphatic heterocycles. The van der Waals surface area contributed by atoms with Crippen LogP contribution < -0.4 is 15.4 Å². The summed E-state index contributed by atoms with van der Waals surface area (Å²) in [6, 6.07) is 5.13. The van der Waals surface area contributed by atoms with Crippen molar-refractivity contribution >= 4 is 35.1 Å². The standard InChI is InChI=1S/C28H40N8O4/c1-5-9-35-26-22(30-28(35)31-27(39)23-15-20(3)32-36(23)6-2)16-21(19-37)17-24(26)40-14-7-8-29-25(38)18-34-12-10-33(4)11-13-34/h15-17,19H,5-14,18H2,1-4H3,(H,29,38)(H,30,31,39). The Morgan fingerprint density at radius 2 is 1.90 bits per heavy atom. The van der Waals surface area contributed by atoms with E-state index in [1.807, 2.05) is 25.3 Å². The van der Waals surface area contributed by atoms with Crippen LogP contribution in [0.15, 0.2) is 18.2 Å². The average molecular weight is 553 g/mol. The lowest BCUT2D eigenvalue weighted by molar-refractivity contribution is -0.122. The van der Waals surface area contributed by atoms with E-state index >= 15 is 0 Å². The van der Waals surface area contributed by atoms with Crippen molar-refractivity contribution in [2.75, 3.05) is 58.2 Å². The van der Waals surface area contributed by atoms with Crippen molar-refractivity contribution < 1.29 is 19.1 Å². The van der Waals surface area contributed by atoms with Crippen molar-refractivity contribution in [2.24, 2.45) is 0 Å². The minimum absolute atomic E-state index is 0.0101. The average Bonchev–Trinajstić information content (AvgIpc) is 3.49. The Morgan fingerprint density at radius 3 is 2.60 bits per heavy atom. The molecular weight excluding hydrogens is 512 g/mol. The van der Waals surface area contributed by atoms with E-state index < -0.39 is 0 Å². The van der Waals surface area contributed by atoms with E-state index in [1.165, 1.54) is 0 Å². The Hall–Kier alpha value is -3.77. The molecule has 2 aromatic heterocycles. The molecule has 0 spiro atoms. The van der Waals surface area contributed by atoms with Gasteiger partial charge in [0.2, 0.25) is 11.9 Å². The van der Waals surface area contributed by atoms with Gasteiger partial charge in [-0.2, -0.15) is 5.10 Å². The number of carbonyl (C=O) groups excluding carboxylic acids is 3. The third-order valence-corrected chi connectivity index (χ3v) is 6.94. The molecule has 0 radical (unpaired) electrons. The normalized spacial score (nSPS) is 14.4. The number of amides is 2. The van der Waals surface area contributed by atoms with Crippen molar-refractivity contribution in [1.29, 1.82) is 0 Å². The van der Waals surface area contributed by atoms with Crippen LogP contribution in [0.3, 0.4) is 0 Å². The maximum absolute atomic E-state index is 13.1. The monoisotopic (exact) mass is 552 g/mol. The summed E-state index contributed by atoms with van der Waals surface area (Å²) < 4.78 is 9.69. The summed E-state index contributed by atoms with van der Waals surface area (Å²) in [6.07, 6.45) is 2.16. The lowest BCUT2D eigenvalue weighted by atomic mass is 10.2. The van der Waals surface area contributed by atoms with E-state index in [2.05, 4.69) is 37.6 Å². The second-order valence-electron chi connectivity index (χ2n) is 10.2. The van der Waals surface area contributed by atoms with Crippen LogP contribution in [-0.2, 0) is 17.9 Å². The number of benzene rings is 1. The Bertz CT molecular complexity index is 1340. The van der Waals surface area contributed by atoms with Crippen LogP contribution >= 0.6 is 0 Å². The number of piperazine rings is 1. The summed E-state index contributed by atoms with van der Waals surface area (Å²) >= 11 is 0. The maximum Gasteiger partial charge on any atom is 0.276 e. The summed E-state index contributed by atoms with van der Waals surface area (Å²) in [5, 5.41) is 10.3. The molecule has 4 rings (SSSR count). The number of aldehydes is 1. The smallest absolute Gasteiger partial charge is 0.276 e. The van der Waals surface area contributed by atoms with E-state index in [-0.39, 0.29) is 11.8 Å². The third kappa shape index (κ3) is 7.05. The molecule has 3 aromatic rings. The highest BCUT2D eigenvalue weighted by Crippen LogP contribution is 2.31. The van der Waals surface area contributed by atoms with Gasteiger partial charge in [-0.3, -0.25) is 29.3 Å². The topological polar surface area (TPSA) is 127 Å². The van der Waals surface area contributed by atoms with Crippen molar-refractivity contribution in [3.8, 4) is 5.75 Å². The van der Waals surface area contributed by atoms with Crippen molar-refractivity contribution in [1.82, 2.24) is 34.4 Å². The Balaban J connectivity index is 1.44. The molecular formula is C28H40N8O4. The van der Waals surface area contributed by atoms with Crippen molar-refractivity contribution in [3.05, 3.63) is 35.2 Å². The van der Waals surface area contributed by atoms with E-state index in [1.54, 1.807) is 22.9 Å². The molecule has 0 aliphatic carbocycles. The van der Waals surface area contributed by atoms with Gasteiger partial charge >= 0.3 is 0 Å². The first-order valence-electron chi connectivity index (χ1n) is 14.0. The second kappa shape index (κ2) is 13.5. The molecule has 3 heterocycles.